The molecule has 1 nitrogen and oxygen atoms in total. The van der Waals surface area contributed by atoms with Crippen molar-refractivity contribution in [3.05, 3.63) is 56.8 Å². The molecule has 0 amide bonds. The van der Waals surface area contributed by atoms with E-state index in [-0.39, 0.29) is 0 Å². The Balaban J connectivity index is 1.92. The van der Waals surface area contributed by atoms with Crippen LogP contribution in [0.1, 0.15) is 27.8 Å². The summed E-state index contributed by atoms with van der Waals surface area (Å²) in [6.07, 6.45) is 0. The molecule has 1 aromatic heterocycles. The second-order valence-corrected chi connectivity index (χ2v) is 5.36. The summed E-state index contributed by atoms with van der Waals surface area (Å²) in [5.74, 6) is 0. The smallest absolute Gasteiger partial charge is 0.0219 e. The lowest BCUT2D eigenvalue weighted by Gasteiger charge is -2.08. The van der Waals surface area contributed by atoms with Crippen molar-refractivity contribution >= 4 is 11.3 Å². The van der Waals surface area contributed by atoms with Crippen molar-refractivity contribution in [2.24, 2.45) is 0 Å². The average molecular weight is 245 g/mol. The SMILES string of the molecule is Cc1ccc(CNCc2cscc2C)c(C)c1. The van der Waals surface area contributed by atoms with Gasteiger partial charge in [-0.2, -0.15) is 11.3 Å². The predicted molar refractivity (Wildman–Crippen MR) is 75.5 cm³/mol. The van der Waals surface area contributed by atoms with E-state index in [1.54, 1.807) is 11.3 Å². The van der Waals surface area contributed by atoms with Crippen LogP contribution < -0.4 is 5.32 Å². The van der Waals surface area contributed by atoms with Gasteiger partial charge in [-0.1, -0.05) is 23.8 Å². The summed E-state index contributed by atoms with van der Waals surface area (Å²) in [6.45, 7) is 8.40. The van der Waals surface area contributed by atoms with Gasteiger partial charge in [-0.05, 0) is 53.8 Å². The molecule has 0 saturated heterocycles. The molecule has 2 heteroatoms. The Kier molecular flexibility index (Phi) is 3.97. The van der Waals surface area contributed by atoms with E-state index in [4.69, 9.17) is 0 Å². The van der Waals surface area contributed by atoms with Crippen molar-refractivity contribution in [3.8, 4) is 0 Å². The van der Waals surface area contributed by atoms with Crippen molar-refractivity contribution in [1.29, 1.82) is 0 Å². The quantitative estimate of drug-likeness (QED) is 0.859. The van der Waals surface area contributed by atoms with Gasteiger partial charge in [0.05, 0.1) is 0 Å². The van der Waals surface area contributed by atoms with Crippen LogP contribution in [0.15, 0.2) is 29.0 Å². The second-order valence-electron chi connectivity index (χ2n) is 4.61. The average Bonchev–Trinajstić information content (AvgIpc) is 2.68. The summed E-state index contributed by atoms with van der Waals surface area (Å²) < 4.78 is 0. The van der Waals surface area contributed by atoms with Crippen LogP contribution in [-0.2, 0) is 13.1 Å². The molecule has 0 aliphatic heterocycles. The third kappa shape index (κ3) is 3.18. The van der Waals surface area contributed by atoms with E-state index in [0.717, 1.165) is 13.1 Å². The van der Waals surface area contributed by atoms with Crippen LogP contribution >= 0.6 is 11.3 Å². The van der Waals surface area contributed by atoms with Crippen LogP contribution in [0.25, 0.3) is 0 Å². The fraction of sp³-hybridized carbons (Fsp3) is 0.333. The third-order valence-corrected chi connectivity index (χ3v) is 4.00. The highest BCUT2D eigenvalue weighted by molar-refractivity contribution is 7.08. The molecule has 90 valence electrons. The molecule has 0 bridgehead atoms. The van der Waals surface area contributed by atoms with Crippen molar-refractivity contribution in [2.75, 3.05) is 0 Å². The van der Waals surface area contributed by atoms with Crippen molar-refractivity contribution in [2.45, 2.75) is 33.9 Å². The topological polar surface area (TPSA) is 12.0 Å². The maximum Gasteiger partial charge on any atom is 0.0219 e. The van der Waals surface area contributed by atoms with Crippen molar-refractivity contribution in [3.63, 3.8) is 0 Å². The Morgan fingerprint density at radius 2 is 1.71 bits per heavy atom. The normalized spacial score (nSPS) is 10.8. The zero-order chi connectivity index (χ0) is 12.3. The molecule has 0 fully saturated rings. The summed E-state index contributed by atoms with van der Waals surface area (Å²) in [7, 11) is 0. The number of hydrogen-bond donors (Lipinski definition) is 1. The number of thiophene rings is 1. The minimum Gasteiger partial charge on any atom is -0.309 e. The zero-order valence-corrected chi connectivity index (χ0v) is 11.5. The maximum absolute atomic E-state index is 3.51. The lowest BCUT2D eigenvalue weighted by Crippen LogP contribution is -2.13. The van der Waals surface area contributed by atoms with Gasteiger partial charge in [0.25, 0.3) is 0 Å². The first-order chi connectivity index (χ1) is 8.16. The molecule has 2 rings (SSSR count). The van der Waals surface area contributed by atoms with Crippen LogP contribution in [0, 0.1) is 20.8 Å². The summed E-state index contributed by atoms with van der Waals surface area (Å²) in [5.41, 5.74) is 6.91. The van der Waals surface area contributed by atoms with Gasteiger partial charge in [0.15, 0.2) is 0 Å². The Morgan fingerprint density at radius 1 is 0.941 bits per heavy atom. The fourth-order valence-corrected chi connectivity index (χ4v) is 2.80. The molecular weight excluding hydrogens is 226 g/mol. The zero-order valence-electron chi connectivity index (χ0n) is 10.7. The van der Waals surface area contributed by atoms with E-state index < -0.39 is 0 Å². The summed E-state index contributed by atoms with van der Waals surface area (Å²) in [6, 6.07) is 6.64. The van der Waals surface area contributed by atoms with Crippen LogP contribution in [0.5, 0.6) is 0 Å². The number of nitrogens with one attached hydrogen (secondary N) is 1. The molecule has 0 atom stereocenters. The van der Waals surface area contributed by atoms with E-state index in [1.165, 1.54) is 27.8 Å². The Bertz CT molecular complexity index is 499. The van der Waals surface area contributed by atoms with Crippen LogP contribution in [-0.4, -0.2) is 0 Å². The molecule has 0 aliphatic rings. The van der Waals surface area contributed by atoms with E-state index >= 15 is 0 Å². The fourth-order valence-electron chi connectivity index (χ4n) is 1.94. The molecule has 0 radical (unpaired) electrons. The van der Waals surface area contributed by atoms with Crippen molar-refractivity contribution in [1.82, 2.24) is 5.32 Å². The predicted octanol–water partition coefficient (Wildman–Crippen LogP) is 3.96. The van der Waals surface area contributed by atoms with Gasteiger partial charge in [-0.15, -0.1) is 0 Å². The summed E-state index contributed by atoms with van der Waals surface area (Å²) >= 11 is 1.78. The number of aryl methyl sites for hydroxylation is 3. The number of benzene rings is 1. The number of hydrogen-bond acceptors (Lipinski definition) is 2. The molecule has 1 aromatic carbocycles. The van der Waals surface area contributed by atoms with Gasteiger partial charge in [0.1, 0.15) is 0 Å². The van der Waals surface area contributed by atoms with Crippen LogP contribution in [0.3, 0.4) is 0 Å². The van der Waals surface area contributed by atoms with E-state index in [0.29, 0.717) is 0 Å². The molecule has 0 unspecified atom stereocenters. The van der Waals surface area contributed by atoms with E-state index in [1.807, 2.05) is 0 Å². The molecular formula is C15H19NS. The summed E-state index contributed by atoms with van der Waals surface area (Å²) in [5, 5.41) is 7.94. The summed E-state index contributed by atoms with van der Waals surface area (Å²) in [4.78, 5) is 0. The largest absolute Gasteiger partial charge is 0.309 e. The van der Waals surface area contributed by atoms with Crippen molar-refractivity contribution < 1.29 is 0 Å². The standard InChI is InChI=1S/C15H19NS/c1-11-4-5-14(12(2)6-11)7-16-8-15-10-17-9-13(15)3/h4-6,9-10,16H,7-8H2,1-3H3. The first-order valence-corrected chi connectivity index (χ1v) is 6.89. The highest BCUT2D eigenvalue weighted by Gasteiger charge is 2.01. The molecule has 2 aromatic rings. The van der Waals surface area contributed by atoms with E-state index in [2.05, 4.69) is 55.0 Å². The molecule has 1 N–H and O–H groups in total. The third-order valence-electron chi connectivity index (χ3n) is 3.09. The lowest BCUT2D eigenvalue weighted by atomic mass is 10.1. The molecule has 0 spiro atoms. The van der Waals surface area contributed by atoms with Gasteiger partial charge in [-0.25, -0.2) is 0 Å². The molecule has 0 aliphatic carbocycles. The van der Waals surface area contributed by atoms with Gasteiger partial charge in [0.2, 0.25) is 0 Å². The minimum atomic E-state index is 0.946. The first-order valence-electron chi connectivity index (χ1n) is 5.95. The first kappa shape index (κ1) is 12.3. The van der Waals surface area contributed by atoms with Gasteiger partial charge >= 0.3 is 0 Å². The Labute approximate surface area is 108 Å². The lowest BCUT2D eigenvalue weighted by molar-refractivity contribution is 0.689. The second kappa shape index (κ2) is 5.48. The monoisotopic (exact) mass is 245 g/mol. The maximum atomic E-state index is 3.51. The Hall–Kier alpha value is -1.12. The number of rotatable bonds is 4. The molecule has 1 heterocycles. The Morgan fingerprint density at radius 3 is 2.35 bits per heavy atom. The van der Waals surface area contributed by atoms with Gasteiger partial charge in [-0.3, -0.25) is 0 Å². The molecule has 0 saturated carbocycles. The van der Waals surface area contributed by atoms with Gasteiger partial charge < -0.3 is 5.32 Å². The highest BCUT2D eigenvalue weighted by atomic mass is 32.1. The van der Waals surface area contributed by atoms with Gasteiger partial charge in [0, 0.05) is 13.1 Å². The van der Waals surface area contributed by atoms with E-state index in [9.17, 15) is 0 Å². The molecule has 17 heavy (non-hydrogen) atoms. The minimum absolute atomic E-state index is 0.946. The van der Waals surface area contributed by atoms with Crippen LogP contribution in [0.4, 0.5) is 0 Å². The highest BCUT2D eigenvalue weighted by Crippen LogP contribution is 2.14. The van der Waals surface area contributed by atoms with Crippen LogP contribution in [0.2, 0.25) is 0 Å².